The third-order valence-electron chi connectivity index (χ3n) is 11.3. The highest BCUT2D eigenvalue weighted by Gasteiger charge is 2.23. The summed E-state index contributed by atoms with van der Waals surface area (Å²) in [6.45, 7) is 0. The van der Waals surface area contributed by atoms with Crippen LogP contribution in [0.4, 0.5) is 0 Å². The lowest BCUT2D eigenvalue weighted by atomic mass is 9.80. The molecular weight excluding hydrogens is 649 g/mol. The minimum atomic E-state index is 1.22. The van der Waals surface area contributed by atoms with Gasteiger partial charge in [0.1, 0.15) is 0 Å². The number of hydrogen-bond acceptors (Lipinski definition) is 0. The van der Waals surface area contributed by atoms with E-state index >= 15 is 0 Å². The first-order chi connectivity index (χ1) is 26.8. The minimum Gasteiger partial charge on any atom is -0.0622 e. The molecule has 0 atom stereocenters. The molecule has 0 spiro atoms. The molecule has 0 saturated carbocycles. The van der Waals surface area contributed by atoms with Crippen LogP contribution in [0.25, 0.3) is 109 Å². The molecular formula is C54H34. The Kier molecular flexibility index (Phi) is 6.97. The second-order valence-electron chi connectivity index (χ2n) is 14.4. The van der Waals surface area contributed by atoms with Crippen LogP contribution in [-0.2, 0) is 0 Å². The van der Waals surface area contributed by atoms with Gasteiger partial charge >= 0.3 is 0 Å². The number of hydrogen-bond donors (Lipinski definition) is 0. The molecule has 54 heavy (non-hydrogen) atoms. The lowest BCUT2D eigenvalue weighted by Gasteiger charge is -2.23. The smallest absolute Gasteiger partial charge is 0.00259 e. The molecule has 0 fully saturated rings. The predicted molar refractivity (Wildman–Crippen MR) is 233 cm³/mol. The molecule has 0 unspecified atom stereocenters. The van der Waals surface area contributed by atoms with E-state index in [1.54, 1.807) is 0 Å². The fraction of sp³-hybridized carbons (Fsp3) is 0. The average molecular weight is 683 g/mol. The molecule has 0 aliphatic carbocycles. The molecule has 0 radical (unpaired) electrons. The van der Waals surface area contributed by atoms with Crippen LogP contribution in [0.1, 0.15) is 0 Å². The standard InChI is InChI=1S/C54H34/c1-5-17-35(18-6-1)51-43-29-39-25-13-14-26-40(39)30-44(43)52(36-19-7-2-8-20-36)48-34-50-49(33-47(48)51)53(37-21-9-3-10-22-37)45-31-41-27-15-16-28-42(41)32-46(45)54(50)38-23-11-4-12-24-38/h1-34H. The van der Waals surface area contributed by atoms with Crippen molar-refractivity contribution in [2.45, 2.75) is 0 Å². The number of benzene rings is 11. The lowest BCUT2D eigenvalue weighted by Crippen LogP contribution is -1.95. The van der Waals surface area contributed by atoms with Gasteiger partial charge in [0, 0.05) is 0 Å². The Morgan fingerprint density at radius 1 is 0.167 bits per heavy atom. The third kappa shape index (κ3) is 4.78. The Morgan fingerprint density at radius 2 is 0.352 bits per heavy atom. The summed E-state index contributed by atoms with van der Waals surface area (Å²) in [4.78, 5) is 0. The first-order valence-corrected chi connectivity index (χ1v) is 18.8. The van der Waals surface area contributed by atoms with E-state index in [4.69, 9.17) is 0 Å². The zero-order valence-electron chi connectivity index (χ0n) is 29.6. The van der Waals surface area contributed by atoms with Crippen molar-refractivity contribution in [3.63, 3.8) is 0 Å². The third-order valence-corrected chi connectivity index (χ3v) is 11.3. The summed E-state index contributed by atoms with van der Waals surface area (Å²) in [7, 11) is 0. The second-order valence-corrected chi connectivity index (χ2v) is 14.4. The normalized spacial score (nSPS) is 11.7. The van der Waals surface area contributed by atoms with Gasteiger partial charge in [-0.2, -0.15) is 0 Å². The van der Waals surface area contributed by atoms with Crippen molar-refractivity contribution >= 4 is 64.6 Å². The summed E-state index contributed by atoms with van der Waals surface area (Å²) in [5.74, 6) is 0. The van der Waals surface area contributed by atoms with Crippen LogP contribution in [-0.4, -0.2) is 0 Å². The topological polar surface area (TPSA) is 0 Å². The van der Waals surface area contributed by atoms with Crippen molar-refractivity contribution in [2.24, 2.45) is 0 Å². The van der Waals surface area contributed by atoms with Crippen molar-refractivity contribution in [3.8, 4) is 44.5 Å². The zero-order chi connectivity index (χ0) is 35.6. The summed E-state index contributed by atoms with van der Waals surface area (Å²) >= 11 is 0. The van der Waals surface area contributed by atoms with E-state index < -0.39 is 0 Å². The van der Waals surface area contributed by atoms with E-state index in [-0.39, 0.29) is 0 Å². The first-order valence-electron chi connectivity index (χ1n) is 18.8. The summed E-state index contributed by atoms with van der Waals surface area (Å²) < 4.78 is 0. The van der Waals surface area contributed by atoms with Gasteiger partial charge in [0.2, 0.25) is 0 Å². The van der Waals surface area contributed by atoms with Crippen LogP contribution < -0.4 is 0 Å². The molecule has 250 valence electrons. The summed E-state index contributed by atoms with van der Waals surface area (Å²) in [6.07, 6.45) is 0. The second kappa shape index (κ2) is 12.3. The maximum atomic E-state index is 2.53. The van der Waals surface area contributed by atoms with E-state index in [1.807, 2.05) is 0 Å². The van der Waals surface area contributed by atoms with Gasteiger partial charge in [0.15, 0.2) is 0 Å². The Hall–Kier alpha value is -7.02. The van der Waals surface area contributed by atoms with Crippen LogP contribution in [0.5, 0.6) is 0 Å². The Bertz CT molecular complexity index is 2780. The van der Waals surface area contributed by atoms with Gasteiger partial charge in [0.05, 0.1) is 0 Å². The van der Waals surface area contributed by atoms with E-state index in [2.05, 4.69) is 206 Å². The molecule has 11 rings (SSSR count). The average Bonchev–Trinajstić information content (AvgIpc) is 3.24. The van der Waals surface area contributed by atoms with Gasteiger partial charge in [-0.25, -0.2) is 0 Å². The predicted octanol–water partition coefficient (Wildman–Crippen LogP) is 15.3. The molecule has 0 heteroatoms. The molecule has 0 nitrogen and oxygen atoms in total. The minimum absolute atomic E-state index is 1.22. The zero-order valence-corrected chi connectivity index (χ0v) is 29.6. The Morgan fingerprint density at radius 3 is 0.574 bits per heavy atom. The van der Waals surface area contributed by atoms with Gasteiger partial charge < -0.3 is 0 Å². The summed E-state index contributed by atoms with van der Waals surface area (Å²) in [5, 5.41) is 15.1. The van der Waals surface area contributed by atoms with Gasteiger partial charge in [-0.15, -0.1) is 0 Å². The molecule has 0 bridgehead atoms. The van der Waals surface area contributed by atoms with Crippen molar-refractivity contribution in [2.75, 3.05) is 0 Å². The van der Waals surface area contributed by atoms with Crippen molar-refractivity contribution < 1.29 is 0 Å². The molecule has 0 amide bonds. The molecule has 11 aromatic carbocycles. The Balaban J connectivity index is 1.45. The van der Waals surface area contributed by atoms with Crippen molar-refractivity contribution in [1.29, 1.82) is 0 Å². The molecule has 0 N–H and O–H groups in total. The lowest BCUT2D eigenvalue weighted by molar-refractivity contribution is 1.65. The van der Waals surface area contributed by atoms with Gasteiger partial charge in [-0.05, 0) is 146 Å². The van der Waals surface area contributed by atoms with Crippen LogP contribution in [0.2, 0.25) is 0 Å². The van der Waals surface area contributed by atoms with Crippen molar-refractivity contribution in [3.05, 3.63) is 206 Å². The maximum absolute atomic E-state index is 2.53. The molecule has 0 saturated heterocycles. The fourth-order valence-corrected chi connectivity index (χ4v) is 8.98. The van der Waals surface area contributed by atoms with Gasteiger partial charge in [-0.1, -0.05) is 170 Å². The highest BCUT2D eigenvalue weighted by Crippen LogP contribution is 2.51. The van der Waals surface area contributed by atoms with E-state index in [1.165, 1.54) is 109 Å². The molecule has 0 aliphatic rings. The van der Waals surface area contributed by atoms with Gasteiger partial charge in [0.25, 0.3) is 0 Å². The first kappa shape index (κ1) is 30.6. The van der Waals surface area contributed by atoms with E-state index in [0.29, 0.717) is 0 Å². The maximum Gasteiger partial charge on any atom is -0.00259 e. The SMILES string of the molecule is c1ccc(-c2c3cc4ccccc4cc3c(-c3ccccc3)c3cc4c(-c5ccccc5)c5cc6ccccc6cc5c(-c5ccccc5)c4cc23)cc1. The van der Waals surface area contributed by atoms with Crippen LogP contribution in [0.3, 0.4) is 0 Å². The van der Waals surface area contributed by atoms with Crippen LogP contribution >= 0.6 is 0 Å². The Labute approximate surface area is 314 Å². The van der Waals surface area contributed by atoms with Gasteiger partial charge in [-0.3, -0.25) is 0 Å². The molecule has 0 aliphatic heterocycles. The van der Waals surface area contributed by atoms with Crippen LogP contribution in [0, 0.1) is 0 Å². The quantitative estimate of drug-likeness (QED) is 0.162. The monoisotopic (exact) mass is 682 g/mol. The fourth-order valence-electron chi connectivity index (χ4n) is 8.98. The van der Waals surface area contributed by atoms with Crippen LogP contribution in [0.15, 0.2) is 206 Å². The number of rotatable bonds is 4. The summed E-state index contributed by atoms with van der Waals surface area (Å²) in [5.41, 5.74) is 9.96. The molecule has 0 aromatic heterocycles. The number of fused-ring (bicyclic) bond motifs is 6. The van der Waals surface area contributed by atoms with E-state index in [9.17, 15) is 0 Å². The van der Waals surface area contributed by atoms with Crippen molar-refractivity contribution in [1.82, 2.24) is 0 Å². The largest absolute Gasteiger partial charge is 0.0622 e. The highest BCUT2D eigenvalue weighted by molar-refractivity contribution is 6.30. The summed E-state index contributed by atoms with van der Waals surface area (Å²) in [6, 6.07) is 76.3. The van der Waals surface area contributed by atoms with E-state index in [0.717, 1.165) is 0 Å². The molecule has 0 heterocycles. The highest BCUT2D eigenvalue weighted by atomic mass is 14.3. The molecule has 11 aromatic rings.